The molecule has 0 radical (unpaired) electrons. The lowest BCUT2D eigenvalue weighted by molar-refractivity contribution is -0.132. The Balaban J connectivity index is 1.53. The molecule has 0 aliphatic carbocycles. The number of carbonyl (C=O) groups is 2. The molecule has 0 atom stereocenters. The molecule has 1 fully saturated rings. The second-order valence-electron chi connectivity index (χ2n) is 6.21. The first-order valence-corrected chi connectivity index (χ1v) is 9.44. The number of rotatable bonds is 5. The maximum absolute atomic E-state index is 12.4. The monoisotopic (exact) mass is 381 g/mol. The molecule has 1 amide bonds. The molecule has 0 unspecified atom stereocenters. The summed E-state index contributed by atoms with van der Waals surface area (Å²) in [7, 11) is 0. The van der Waals surface area contributed by atoms with E-state index in [4.69, 9.17) is 16.7 Å². The molecule has 3 rings (SSSR count). The van der Waals surface area contributed by atoms with Crippen LogP contribution in [-0.4, -0.2) is 44.8 Å². The normalized spacial score (nSPS) is 15.5. The third kappa shape index (κ3) is 4.04. The summed E-state index contributed by atoms with van der Waals surface area (Å²) in [5, 5.41) is 13.4. The van der Waals surface area contributed by atoms with E-state index >= 15 is 0 Å². The number of piperidine rings is 1. The minimum Gasteiger partial charge on any atom is -0.478 e. The molecule has 134 valence electrons. The molecule has 1 saturated heterocycles. The Kier molecular flexibility index (Phi) is 5.44. The Bertz CT molecular complexity index is 778. The van der Waals surface area contributed by atoms with Crippen LogP contribution in [0.2, 0.25) is 4.34 Å². The van der Waals surface area contributed by atoms with Gasteiger partial charge >= 0.3 is 5.97 Å². The predicted octanol–water partition coefficient (Wildman–Crippen LogP) is 3.40. The fourth-order valence-corrected chi connectivity index (χ4v) is 4.32. The molecule has 3 heterocycles. The van der Waals surface area contributed by atoms with Gasteiger partial charge in [0.15, 0.2) is 0 Å². The van der Waals surface area contributed by atoms with Crippen LogP contribution in [0.15, 0.2) is 18.3 Å². The molecule has 0 saturated carbocycles. The predicted molar refractivity (Wildman–Crippen MR) is 96.4 cm³/mol. The lowest BCUT2D eigenvalue weighted by Gasteiger charge is -2.32. The molecule has 1 aliphatic rings. The van der Waals surface area contributed by atoms with Crippen LogP contribution >= 0.6 is 22.9 Å². The number of hydrogen-bond donors (Lipinski definition) is 1. The summed E-state index contributed by atoms with van der Waals surface area (Å²) in [6.07, 6.45) is 4.19. The van der Waals surface area contributed by atoms with Crippen LogP contribution in [0.4, 0.5) is 0 Å². The van der Waals surface area contributed by atoms with Gasteiger partial charge in [0.25, 0.3) is 0 Å². The lowest BCUT2D eigenvalue weighted by Crippen LogP contribution is -2.39. The van der Waals surface area contributed by atoms with Gasteiger partial charge in [-0.05, 0) is 38.3 Å². The Morgan fingerprint density at radius 3 is 2.64 bits per heavy atom. The molecule has 6 nitrogen and oxygen atoms in total. The molecule has 25 heavy (non-hydrogen) atoms. The van der Waals surface area contributed by atoms with E-state index in [0.29, 0.717) is 25.2 Å². The number of aromatic carboxylic acids is 1. The van der Waals surface area contributed by atoms with Crippen LogP contribution < -0.4 is 0 Å². The quantitative estimate of drug-likeness (QED) is 0.861. The number of carboxylic acid groups (broad SMARTS) is 1. The van der Waals surface area contributed by atoms with Gasteiger partial charge in [-0.25, -0.2) is 4.79 Å². The van der Waals surface area contributed by atoms with Crippen molar-refractivity contribution >= 4 is 34.8 Å². The van der Waals surface area contributed by atoms with E-state index in [1.54, 1.807) is 11.6 Å². The zero-order valence-corrected chi connectivity index (χ0v) is 15.5. The average molecular weight is 382 g/mol. The molecular weight excluding hydrogens is 362 g/mol. The van der Waals surface area contributed by atoms with Crippen molar-refractivity contribution in [2.45, 2.75) is 38.6 Å². The van der Waals surface area contributed by atoms with Crippen LogP contribution in [0.25, 0.3) is 0 Å². The SMILES string of the molecule is Cc1c(C(=O)O)cnn1C1CCN(C(=O)CCc2ccc(Cl)s2)CC1. The van der Waals surface area contributed by atoms with Gasteiger partial charge in [0, 0.05) is 24.4 Å². The zero-order chi connectivity index (χ0) is 18.0. The van der Waals surface area contributed by atoms with Gasteiger partial charge in [0.05, 0.1) is 22.3 Å². The first-order chi connectivity index (χ1) is 12.0. The van der Waals surface area contributed by atoms with Gasteiger partial charge in [-0.1, -0.05) is 11.6 Å². The van der Waals surface area contributed by atoms with Gasteiger partial charge < -0.3 is 10.0 Å². The number of likely N-dealkylation sites (tertiary alicyclic amines) is 1. The summed E-state index contributed by atoms with van der Waals surface area (Å²) in [5.74, 6) is -0.795. The summed E-state index contributed by atoms with van der Waals surface area (Å²) in [4.78, 5) is 26.5. The molecule has 1 N–H and O–H groups in total. The largest absolute Gasteiger partial charge is 0.478 e. The van der Waals surface area contributed by atoms with Crippen LogP contribution in [0.1, 0.15) is 46.2 Å². The minimum atomic E-state index is -0.954. The van der Waals surface area contributed by atoms with Gasteiger partial charge in [0.1, 0.15) is 5.56 Å². The third-order valence-electron chi connectivity index (χ3n) is 4.65. The molecule has 2 aromatic rings. The van der Waals surface area contributed by atoms with E-state index in [-0.39, 0.29) is 17.5 Å². The maximum Gasteiger partial charge on any atom is 0.339 e. The van der Waals surface area contributed by atoms with E-state index in [1.165, 1.54) is 17.5 Å². The second kappa shape index (κ2) is 7.58. The van der Waals surface area contributed by atoms with Crippen molar-refractivity contribution in [1.82, 2.24) is 14.7 Å². The standard InChI is InChI=1S/C17H20ClN3O3S/c1-11-14(17(23)24)10-19-21(11)12-6-8-20(9-7-12)16(22)5-3-13-2-4-15(18)25-13/h2,4,10,12H,3,5-9H2,1H3,(H,23,24). The number of carbonyl (C=O) groups excluding carboxylic acids is 1. The molecule has 0 aromatic carbocycles. The Hall–Kier alpha value is -1.86. The van der Waals surface area contributed by atoms with Gasteiger partial charge in [0.2, 0.25) is 5.91 Å². The van der Waals surface area contributed by atoms with Crippen molar-refractivity contribution in [2.75, 3.05) is 13.1 Å². The van der Waals surface area contributed by atoms with Gasteiger partial charge in [-0.3, -0.25) is 9.48 Å². The first kappa shape index (κ1) is 17.9. The van der Waals surface area contributed by atoms with Crippen molar-refractivity contribution in [3.63, 3.8) is 0 Å². The van der Waals surface area contributed by atoms with E-state index in [2.05, 4.69) is 5.10 Å². The molecule has 8 heteroatoms. The van der Waals surface area contributed by atoms with Crippen molar-refractivity contribution < 1.29 is 14.7 Å². The summed E-state index contributed by atoms with van der Waals surface area (Å²) >= 11 is 7.43. The van der Waals surface area contributed by atoms with Crippen LogP contribution in [0.3, 0.4) is 0 Å². The van der Waals surface area contributed by atoms with Gasteiger partial charge in [-0.2, -0.15) is 5.10 Å². The van der Waals surface area contributed by atoms with Crippen molar-refractivity contribution in [3.05, 3.63) is 38.8 Å². The van der Waals surface area contributed by atoms with Crippen LogP contribution in [-0.2, 0) is 11.2 Å². The van der Waals surface area contributed by atoms with Crippen molar-refractivity contribution in [3.8, 4) is 0 Å². The number of aromatic nitrogens is 2. The number of hydrogen-bond acceptors (Lipinski definition) is 4. The smallest absolute Gasteiger partial charge is 0.339 e. The third-order valence-corrected chi connectivity index (χ3v) is 5.94. The Morgan fingerprint density at radius 1 is 1.36 bits per heavy atom. The van der Waals surface area contributed by atoms with Crippen molar-refractivity contribution in [1.29, 1.82) is 0 Å². The molecule has 1 aliphatic heterocycles. The number of amides is 1. The minimum absolute atomic E-state index is 0.147. The Labute approximate surface area is 155 Å². The molecular formula is C17H20ClN3O3S. The maximum atomic E-state index is 12.4. The Morgan fingerprint density at radius 2 is 2.08 bits per heavy atom. The van der Waals surface area contributed by atoms with E-state index < -0.39 is 5.97 Å². The van der Waals surface area contributed by atoms with Crippen LogP contribution in [0, 0.1) is 6.92 Å². The highest BCUT2D eigenvalue weighted by Gasteiger charge is 2.26. The number of aryl methyl sites for hydroxylation is 1. The summed E-state index contributed by atoms with van der Waals surface area (Å²) in [5.41, 5.74) is 0.917. The molecule has 2 aromatic heterocycles. The molecule has 0 bridgehead atoms. The highest BCUT2D eigenvalue weighted by molar-refractivity contribution is 7.16. The number of thiophene rings is 1. The van der Waals surface area contributed by atoms with Crippen LogP contribution in [0.5, 0.6) is 0 Å². The second-order valence-corrected chi connectivity index (χ2v) is 8.01. The van der Waals surface area contributed by atoms with Gasteiger partial charge in [-0.15, -0.1) is 11.3 Å². The summed E-state index contributed by atoms with van der Waals surface area (Å²) < 4.78 is 2.54. The average Bonchev–Trinajstić information content (AvgIpc) is 3.18. The molecule has 0 spiro atoms. The van der Waals surface area contributed by atoms with E-state index in [0.717, 1.165) is 28.5 Å². The fourth-order valence-electron chi connectivity index (χ4n) is 3.24. The van der Waals surface area contributed by atoms with E-state index in [9.17, 15) is 9.59 Å². The number of nitrogens with zero attached hydrogens (tertiary/aromatic N) is 3. The summed E-state index contributed by atoms with van der Waals surface area (Å²) in [6, 6.07) is 3.97. The fraction of sp³-hybridized carbons (Fsp3) is 0.471. The number of halogens is 1. The zero-order valence-electron chi connectivity index (χ0n) is 13.9. The topological polar surface area (TPSA) is 75.4 Å². The highest BCUT2D eigenvalue weighted by Crippen LogP contribution is 2.26. The van der Waals surface area contributed by atoms with E-state index in [1.807, 2.05) is 17.0 Å². The summed E-state index contributed by atoms with van der Waals surface area (Å²) in [6.45, 7) is 3.13. The highest BCUT2D eigenvalue weighted by atomic mass is 35.5. The van der Waals surface area contributed by atoms with Crippen molar-refractivity contribution in [2.24, 2.45) is 0 Å². The number of carboxylic acids is 1. The lowest BCUT2D eigenvalue weighted by atomic mass is 10.0. The first-order valence-electron chi connectivity index (χ1n) is 8.25.